The van der Waals surface area contributed by atoms with Crippen LogP contribution in [0, 0.1) is 6.92 Å². The van der Waals surface area contributed by atoms with Crippen LogP contribution in [0.1, 0.15) is 23.7 Å². The van der Waals surface area contributed by atoms with Crippen molar-refractivity contribution < 1.29 is 9.21 Å². The van der Waals surface area contributed by atoms with Gasteiger partial charge < -0.3 is 14.3 Å². The Kier molecular flexibility index (Phi) is 5.38. The number of carbonyl (C=O) groups excluding carboxylic acids is 1. The molecule has 0 spiro atoms. The van der Waals surface area contributed by atoms with E-state index < -0.39 is 0 Å². The summed E-state index contributed by atoms with van der Waals surface area (Å²) in [5.74, 6) is 1.17. The lowest BCUT2D eigenvalue weighted by molar-refractivity contribution is -0.130. The van der Waals surface area contributed by atoms with Crippen molar-refractivity contribution in [3.63, 3.8) is 0 Å². The molecule has 2 aromatic heterocycles. The number of aromatic nitrogens is 4. The van der Waals surface area contributed by atoms with E-state index in [1.54, 1.807) is 25.2 Å². The van der Waals surface area contributed by atoms with Crippen LogP contribution in [0.15, 0.2) is 57.7 Å². The van der Waals surface area contributed by atoms with Gasteiger partial charge >= 0.3 is 0 Å². The number of aromatic amines is 1. The van der Waals surface area contributed by atoms with Gasteiger partial charge in [-0.2, -0.15) is 0 Å². The molecule has 0 unspecified atom stereocenters. The molecule has 0 aliphatic carbocycles. The minimum absolute atomic E-state index is 0.110. The lowest BCUT2D eigenvalue weighted by atomic mass is 10.1. The van der Waals surface area contributed by atoms with Crippen LogP contribution in [0.4, 0.5) is 0 Å². The van der Waals surface area contributed by atoms with Gasteiger partial charge in [0.05, 0.1) is 17.4 Å². The van der Waals surface area contributed by atoms with Crippen LogP contribution in [-0.2, 0) is 17.8 Å². The molecule has 1 amide bonds. The van der Waals surface area contributed by atoms with Gasteiger partial charge in [0, 0.05) is 25.5 Å². The SMILES string of the molecule is Cc1ccc(-c2nnc(CCC(=O)N(C)Cc3nc4ccccc4c(=O)[nH]3)o2)cc1. The number of hydrogen-bond donors (Lipinski definition) is 1. The van der Waals surface area contributed by atoms with Crippen molar-refractivity contribution >= 4 is 16.8 Å². The van der Waals surface area contributed by atoms with E-state index >= 15 is 0 Å². The van der Waals surface area contributed by atoms with Crippen molar-refractivity contribution in [3.8, 4) is 11.5 Å². The predicted molar refractivity (Wildman–Crippen MR) is 112 cm³/mol. The minimum Gasteiger partial charge on any atom is -0.421 e. The maximum atomic E-state index is 12.5. The zero-order valence-corrected chi connectivity index (χ0v) is 16.8. The summed E-state index contributed by atoms with van der Waals surface area (Å²) in [6.45, 7) is 2.21. The topological polar surface area (TPSA) is 105 Å². The van der Waals surface area contributed by atoms with Crippen molar-refractivity contribution in [2.45, 2.75) is 26.3 Å². The second-order valence-electron chi connectivity index (χ2n) is 7.15. The Morgan fingerprint density at radius 3 is 2.67 bits per heavy atom. The second kappa shape index (κ2) is 8.28. The maximum Gasteiger partial charge on any atom is 0.258 e. The van der Waals surface area contributed by atoms with Crippen LogP contribution in [0.5, 0.6) is 0 Å². The molecule has 8 nitrogen and oxygen atoms in total. The van der Waals surface area contributed by atoms with E-state index in [-0.39, 0.29) is 24.4 Å². The first-order valence-electron chi connectivity index (χ1n) is 9.61. The predicted octanol–water partition coefficient (Wildman–Crippen LogP) is 2.87. The number of nitrogens with one attached hydrogen (secondary N) is 1. The molecule has 0 atom stereocenters. The average Bonchev–Trinajstić information content (AvgIpc) is 3.21. The molecule has 152 valence electrons. The highest BCUT2D eigenvalue weighted by Gasteiger charge is 2.15. The summed E-state index contributed by atoms with van der Waals surface area (Å²) < 4.78 is 5.67. The van der Waals surface area contributed by atoms with Gasteiger partial charge in [0.2, 0.25) is 17.7 Å². The van der Waals surface area contributed by atoms with Crippen molar-refractivity contribution in [3.05, 3.63) is 76.2 Å². The Morgan fingerprint density at radius 1 is 1.10 bits per heavy atom. The number of rotatable bonds is 6. The summed E-state index contributed by atoms with van der Waals surface area (Å²) in [4.78, 5) is 33.4. The summed E-state index contributed by atoms with van der Waals surface area (Å²) in [7, 11) is 1.67. The highest BCUT2D eigenvalue weighted by atomic mass is 16.4. The quantitative estimate of drug-likeness (QED) is 0.531. The lowest BCUT2D eigenvalue weighted by Gasteiger charge is -2.16. The van der Waals surface area contributed by atoms with Crippen LogP contribution in [-0.4, -0.2) is 38.0 Å². The number of benzene rings is 2. The molecule has 2 heterocycles. The number of nitrogens with zero attached hydrogens (tertiary/aromatic N) is 4. The number of amides is 1. The molecule has 0 radical (unpaired) electrons. The third-order valence-corrected chi connectivity index (χ3v) is 4.79. The second-order valence-corrected chi connectivity index (χ2v) is 7.15. The molecule has 1 N–H and O–H groups in total. The van der Waals surface area contributed by atoms with Gasteiger partial charge in [-0.3, -0.25) is 9.59 Å². The molecule has 0 saturated carbocycles. The van der Waals surface area contributed by atoms with Crippen molar-refractivity contribution in [1.29, 1.82) is 0 Å². The zero-order chi connectivity index (χ0) is 21.1. The Labute approximate surface area is 172 Å². The number of fused-ring (bicyclic) bond motifs is 1. The fourth-order valence-corrected chi connectivity index (χ4v) is 3.09. The summed E-state index contributed by atoms with van der Waals surface area (Å²) in [5.41, 5.74) is 2.38. The third kappa shape index (κ3) is 4.27. The largest absolute Gasteiger partial charge is 0.421 e. The first kappa shape index (κ1) is 19.5. The molecular formula is C22H21N5O3. The normalized spacial score (nSPS) is 11.0. The average molecular weight is 403 g/mol. The fourth-order valence-electron chi connectivity index (χ4n) is 3.09. The van der Waals surface area contributed by atoms with Crippen molar-refractivity contribution in [2.24, 2.45) is 0 Å². The van der Waals surface area contributed by atoms with E-state index in [0.717, 1.165) is 11.1 Å². The summed E-state index contributed by atoms with van der Waals surface area (Å²) in [6.07, 6.45) is 0.549. The highest BCUT2D eigenvalue weighted by molar-refractivity contribution is 5.77. The van der Waals surface area contributed by atoms with Crippen LogP contribution >= 0.6 is 0 Å². The Balaban J connectivity index is 1.37. The van der Waals surface area contributed by atoms with E-state index in [0.29, 0.717) is 34.9 Å². The highest BCUT2D eigenvalue weighted by Crippen LogP contribution is 2.19. The molecule has 0 fully saturated rings. The number of para-hydroxylation sites is 1. The van der Waals surface area contributed by atoms with E-state index in [9.17, 15) is 9.59 Å². The first-order valence-corrected chi connectivity index (χ1v) is 9.61. The standard InChI is InChI=1S/C22H21N5O3/c1-14-7-9-15(10-8-14)22-26-25-19(30-22)11-12-20(28)27(2)13-18-23-17-6-4-3-5-16(17)21(29)24-18/h3-10H,11-13H2,1-2H3,(H,23,24,29). The van der Waals surface area contributed by atoms with E-state index in [4.69, 9.17) is 4.42 Å². The number of carbonyl (C=O) groups is 1. The Morgan fingerprint density at radius 2 is 1.87 bits per heavy atom. The van der Waals surface area contributed by atoms with Crippen molar-refractivity contribution in [1.82, 2.24) is 25.1 Å². The van der Waals surface area contributed by atoms with Gasteiger partial charge in [-0.05, 0) is 31.2 Å². The molecule has 8 heteroatoms. The minimum atomic E-state index is -0.217. The molecule has 0 aliphatic heterocycles. The van der Waals surface area contributed by atoms with Gasteiger partial charge in [0.25, 0.3) is 5.56 Å². The summed E-state index contributed by atoms with van der Waals surface area (Å²) >= 11 is 0. The fraction of sp³-hybridized carbons (Fsp3) is 0.227. The molecule has 30 heavy (non-hydrogen) atoms. The van der Waals surface area contributed by atoms with Gasteiger partial charge in [0.15, 0.2) is 0 Å². The summed E-state index contributed by atoms with van der Waals surface area (Å²) in [6, 6.07) is 14.9. The maximum absolute atomic E-state index is 12.5. The van der Waals surface area contributed by atoms with E-state index in [1.165, 1.54) is 4.90 Å². The van der Waals surface area contributed by atoms with E-state index in [2.05, 4.69) is 20.2 Å². The third-order valence-electron chi connectivity index (χ3n) is 4.79. The van der Waals surface area contributed by atoms with Gasteiger partial charge in [-0.15, -0.1) is 10.2 Å². The molecular weight excluding hydrogens is 382 g/mol. The summed E-state index contributed by atoms with van der Waals surface area (Å²) in [5, 5.41) is 8.61. The van der Waals surface area contributed by atoms with Crippen molar-refractivity contribution in [2.75, 3.05) is 7.05 Å². The van der Waals surface area contributed by atoms with E-state index in [1.807, 2.05) is 37.3 Å². The van der Waals surface area contributed by atoms with Gasteiger partial charge in [-0.25, -0.2) is 4.98 Å². The van der Waals surface area contributed by atoms with Crippen LogP contribution < -0.4 is 5.56 Å². The van der Waals surface area contributed by atoms with Gasteiger partial charge in [0.1, 0.15) is 5.82 Å². The monoisotopic (exact) mass is 403 g/mol. The molecule has 0 saturated heterocycles. The first-order chi connectivity index (χ1) is 14.5. The molecule has 4 aromatic rings. The smallest absolute Gasteiger partial charge is 0.258 e. The number of H-pyrrole nitrogens is 1. The van der Waals surface area contributed by atoms with Crippen LogP contribution in [0.2, 0.25) is 0 Å². The Hall–Kier alpha value is -3.81. The van der Waals surface area contributed by atoms with Gasteiger partial charge in [-0.1, -0.05) is 29.8 Å². The molecule has 0 aliphatic rings. The number of aryl methyl sites for hydroxylation is 2. The molecule has 2 aromatic carbocycles. The molecule has 0 bridgehead atoms. The van der Waals surface area contributed by atoms with Crippen LogP contribution in [0.25, 0.3) is 22.4 Å². The lowest BCUT2D eigenvalue weighted by Crippen LogP contribution is -2.28. The number of hydrogen-bond acceptors (Lipinski definition) is 6. The Bertz CT molecular complexity index is 1240. The van der Waals surface area contributed by atoms with Crippen LogP contribution in [0.3, 0.4) is 0 Å². The zero-order valence-electron chi connectivity index (χ0n) is 16.8. The molecule has 4 rings (SSSR count).